The molecule has 3 atom stereocenters. The monoisotopic (exact) mass is 277 g/mol. The maximum atomic E-state index is 11.3. The Hall–Kier alpha value is -1.85. The number of carboxylic acid groups (broad SMARTS) is 1. The molecule has 0 aromatic carbocycles. The summed E-state index contributed by atoms with van der Waals surface area (Å²) in [5.74, 6) is 0.172. The number of aromatic nitrogens is 2. The number of nitrogens with zero attached hydrogens (tertiary/aromatic N) is 3. The summed E-state index contributed by atoms with van der Waals surface area (Å²) in [4.78, 5) is 22.3. The van der Waals surface area contributed by atoms with Gasteiger partial charge in [-0.05, 0) is 33.1 Å². The zero-order valence-corrected chi connectivity index (χ0v) is 11.7. The Morgan fingerprint density at radius 2 is 2.30 bits per heavy atom. The van der Waals surface area contributed by atoms with E-state index in [-0.39, 0.29) is 18.0 Å². The Balaban J connectivity index is 1.92. The molecule has 0 spiro atoms. The van der Waals surface area contributed by atoms with Crippen LogP contribution in [0.5, 0.6) is 5.88 Å². The first-order chi connectivity index (χ1) is 9.60. The molecule has 6 nitrogen and oxygen atoms in total. The van der Waals surface area contributed by atoms with E-state index in [2.05, 4.69) is 14.9 Å². The van der Waals surface area contributed by atoms with E-state index >= 15 is 0 Å². The second-order valence-electron chi connectivity index (χ2n) is 5.47. The lowest BCUT2D eigenvalue weighted by atomic mass is 9.89. The highest BCUT2D eigenvalue weighted by molar-refractivity contribution is 5.73. The van der Waals surface area contributed by atoms with E-state index in [0.29, 0.717) is 24.9 Å². The van der Waals surface area contributed by atoms with Gasteiger partial charge in [-0.25, -0.2) is 4.98 Å². The number of anilines is 1. The predicted molar refractivity (Wildman–Crippen MR) is 73.0 cm³/mol. The Labute approximate surface area is 117 Å². The second kappa shape index (κ2) is 4.92. The van der Waals surface area contributed by atoms with E-state index < -0.39 is 5.97 Å². The summed E-state index contributed by atoms with van der Waals surface area (Å²) in [6.07, 6.45) is 2.62. The normalized spacial score (nSPS) is 27.9. The maximum absolute atomic E-state index is 11.3. The quantitative estimate of drug-likeness (QED) is 0.901. The number of hydrogen-bond donors (Lipinski definition) is 1. The molecule has 6 heteroatoms. The SMILES string of the molecule is CCOc1cc(C)nc(N2C3CCC2C(C(=O)O)C3)n1. The molecule has 0 aliphatic carbocycles. The van der Waals surface area contributed by atoms with Gasteiger partial charge in [0.25, 0.3) is 0 Å². The topological polar surface area (TPSA) is 75.5 Å². The van der Waals surface area contributed by atoms with E-state index in [4.69, 9.17) is 4.74 Å². The first-order valence-electron chi connectivity index (χ1n) is 7.09. The van der Waals surface area contributed by atoms with E-state index in [9.17, 15) is 9.90 Å². The molecule has 2 aliphatic rings. The van der Waals surface area contributed by atoms with Crippen molar-refractivity contribution >= 4 is 11.9 Å². The number of fused-ring (bicyclic) bond motifs is 2. The van der Waals surface area contributed by atoms with Crippen LogP contribution in [-0.4, -0.2) is 39.7 Å². The van der Waals surface area contributed by atoms with Crippen molar-refractivity contribution < 1.29 is 14.6 Å². The predicted octanol–water partition coefficient (Wildman–Crippen LogP) is 1.63. The van der Waals surface area contributed by atoms with Crippen molar-refractivity contribution in [3.63, 3.8) is 0 Å². The molecule has 3 heterocycles. The third kappa shape index (κ3) is 2.09. The van der Waals surface area contributed by atoms with Crippen LogP contribution in [-0.2, 0) is 4.79 Å². The van der Waals surface area contributed by atoms with Crippen molar-refractivity contribution in [2.45, 2.75) is 45.2 Å². The molecule has 3 rings (SSSR count). The fourth-order valence-corrected chi connectivity index (χ4v) is 3.43. The molecule has 1 N–H and O–H groups in total. The number of ether oxygens (including phenoxy) is 1. The Kier molecular flexibility index (Phi) is 3.23. The molecule has 1 aromatic rings. The van der Waals surface area contributed by atoms with Crippen molar-refractivity contribution in [3.8, 4) is 5.88 Å². The molecule has 2 saturated heterocycles. The summed E-state index contributed by atoms with van der Waals surface area (Å²) in [5, 5.41) is 9.30. The van der Waals surface area contributed by atoms with Crippen LogP contribution in [0.3, 0.4) is 0 Å². The number of carboxylic acids is 1. The van der Waals surface area contributed by atoms with E-state index in [1.165, 1.54) is 0 Å². The van der Waals surface area contributed by atoms with Crippen molar-refractivity contribution in [2.24, 2.45) is 5.92 Å². The van der Waals surface area contributed by atoms with Gasteiger partial charge >= 0.3 is 5.97 Å². The van der Waals surface area contributed by atoms with Crippen molar-refractivity contribution in [1.29, 1.82) is 0 Å². The fourth-order valence-electron chi connectivity index (χ4n) is 3.43. The molecular formula is C14H19N3O3. The Morgan fingerprint density at radius 3 is 2.95 bits per heavy atom. The Morgan fingerprint density at radius 1 is 1.50 bits per heavy atom. The number of carbonyl (C=O) groups is 1. The minimum absolute atomic E-state index is 0.0220. The van der Waals surface area contributed by atoms with E-state index in [1.807, 2.05) is 13.8 Å². The molecule has 20 heavy (non-hydrogen) atoms. The molecular weight excluding hydrogens is 258 g/mol. The molecule has 2 bridgehead atoms. The zero-order valence-electron chi connectivity index (χ0n) is 11.7. The van der Waals surface area contributed by atoms with E-state index in [0.717, 1.165) is 18.5 Å². The van der Waals surface area contributed by atoms with Crippen molar-refractivity contribution in [3.05, 3.63) is 11.8 Å². The van der Waals surface area contributed by atoms with Crippen molar-refractivity contribution in [2.75, 3.05) is 11.5 Å². The first-order valence-corrected chi connectivity index (χ1v) is 7.09. The van der Waals surface area contributed by atoms with Gasteiger partial charge in [-0.1, -0.05) is 0 Å². The molecule has 3 unspecified atom stereocenters. The fraction of sp³-hybridized carbons (Fsp3) is 0.643. The van der Waals surface area contributed by atoms with Crippen LogP contribution in [0.1, 0.15) is 31.9 Å². The first kappa shape index (κ1) is 13.1. The smallest absolute Gasteiger partial charge is 0.308 e. The Bertz CT molecular complexity index is 534. The lowest BCUT2D eigenvalue weighted by Crippen LogP contribution is -2.34. The molecule has 0 radical (unpaired) electrons. The second-order valence-corrected chi connectivity index (χ2v) is 5.47. The van der Waals surface area contributed by atoms with Gasteiger partial charge < -0.3 is 14.7 Å². The third-order valence-electron chi connectivity index (χ3n) is 4.20. The minimum atomic E-state index is -0.708. The summed E-state index contributed by atoms with van der Waals surface area (Å²) in [6, 6.07) is 2.07. The van der Waals surface area contributed by atoms with Crippen LogP contribution in [0.25, 0.3) is 0 Å². The van der Waals surface area contributed by atoms with Gasteiger partial charge in [-0.2, -0.15) is 4.98 Å². The summed E-state index contributed by atoms with van der Waals surface area (Å²) in [6.45, 7) is 4.37. The van der Waals surface area contributed by atoms with Gasteiger partial charge in [0.15, 0.2) is 0 Å². The average molecular weight is 277 g/mol. The van der Waals surface area contributed by atoms with Crippen molar-refractivity contribution in [1.82, 2.24) is 9.97 Å². The van der Waals surface area contributed by atoms with Crippen LogP contribution in [0.4, 0.5) is 5.95 Å². The van der Waals surface area contributed by atoms with Gasteiger partial charge in [0, 0.05) is 23.8 Å². The minimum Gasteiger partial charge on any atom is -0.481 e. The lowest BCUT2D eigenvalue weighted by molar-refractivity contribution is -0.142. The summed E-state index contributed by atoms with van der Waals surface area (Å²) in [7, 11) is 0. The van der Waals surface area contributed by atoms with E-state index in [1.54, 1.807) is 6.07 Å². The summed E-state index contributed by atoms with van der Waals surface area (Å²) >= 11 is 0. The highest BCUT2D eigenvalue weighted by atomic mass is 16.5. The zero-order chi connectivity index (χ0) is 14.3. The molecule has 2 fully saturated rings. The molecule has 108 valence electrons. The third-order valence-corrected chi connectivity index (χ3v) is 4.20. The van der Waals surface area contributed by atoms with Gasteiger partial charge in [-0.15, -0.1) is 0 Å². The van der Waals surface area contributed by atoms with Gasteiger partial charge in [0.1, 0.15) is 0 Å². The highest BCUT2D eigenvalue weighted by Gasteiger charge is 2.50. The molecule has 0 saturated carbocycles. The standard InChI is InChI=1S/C14H19N3O3/c1-3-20-12-6-8(2)15-14(16-12)17-9-4-5-11(17)10(7-9)13(18)19/h6,9-11H,3-5,7H2,1-2H3,(H,18,19). The lowest BCUT2D eigenvalue weighted by Gasteiger charge is -2.23. The van der Waals surface area contributed by atoms with Crippen LogP contribution in [0.15, 0.2) is 6.07 Å². The number of rotatable bonds is 4. The highest BCUT2D eigenvalue weighted by Crippen LogP contribution is 2.43. The number of aliphatic carboxylic acids is 1. The van der Waals surface area contributed by atoms with Gasteiger partial charge in [-0.3, -0.25) is 4.79 Å². The van der Waals surface area contributed by atoms with Crippen LogP contribution in [0.2, 0.25) is 0 Å². The number of hydrogen-bond acceptors (Lipinski definition) is 5. The molecule has 2 aliphatic heterocycles. The largest absolute Gasteiger partial charge is 0.481 e. The summed E-state index contributed by atoms with van der Waals surface area (Å²) in [5.41, 5.74) is 0.844. The number of aryl methyl sites for hydroxylation is 1. The molecule has 0 amide bonds. The van der Waals surface area contributed by atoms with Gasteiger partial charge in [0.2, 0.25) is 11.8 Å². The maximum Gasteiger partial charge on any atom is 0.308 e. The van der Waals surface area contributed by atoms with Gasteiger partial charge in [0.05, 0.1) is 12.5 Å². The average Bonchev–Trinajstić information content (AvgIpc) is 2.95. The summed E-state index contributed by atoms with van der Waals surface area (Å²) < 4.78 is 5.46. The van der Waals surface area contributed by atoms with Crippen LogP contribution >= 0.6 is 0 Å². The van der Waals surface area contributed by atoms with Crippen LogP contribution in [0, 0.1) is 12.8 Å². The van der Waals surface area contributed by atoms with Crippen LogP contribution < -0.4 is 9.64 Å². The molecule has 1 aromatic heterocycles.